The summed E-state index contributed by atoms with van der Waals surface area (Å²) in [7, 11) is 0. The molecule has 0 atom stereocenters. The summed E-state index contributed by atoms with van der Waals surface area (Å²) in [6.07, 6.45) is 2.65. The molecule has 1 aromatic rings. The predicted molar refractivity (Wildman–Crippen MR) is 56.5 cm³/mol. The van der Waals surface area contributed by atoms with Gasteiger partial charge in [0, 0.05) is 18.3 Å². The van der Waals surface area contributed by atoms with Gasteiger partial charge in [0.2, 0.25) is 0 Å². The molecule has 0 aromatic carbocycles. The normalized spacial score (nSPS) is 11.1. The van der Waals surface area contributed by atoms with Gasteiger partial charge in [-0.25, -0.2) is 0 Å². The number of aromatic nitrogens is 1. The highest BCUT2D eigenvalue weighted by Crippen LogP contribution is 2.08. The highest BCUT2D eigenvalue weighted by Gasteiger charge is 2.13. The minimum absolute atomic E-state index is 0.0327. The summed E-state index contributed by atoms with van der Waals surface area (Å²) in [6.45, 7) is 3.99. The van der Waals surface area contributed by atoms with Gasteiger partial charge in [0.05, 0.1) is 11.8 Å². The molecular weight excluding hydrogens is 194 g/mol. The molecule has 0 unspecified atom stereocenters. The van der Waals surface area contributed by atoms with Gasteiger partial charge < -0.3 is 16.2 Å². The van der Waals surface area contributed by atoms with Crippen LogP contribution in [0.15, 0.2) is 18.5 Å². The number of nitrogens with two attached hydrogens (primary N) is 1. The van der Waals surface area contributed by atoms with E-state index in [1.54, 1.807) is 0 Å². The third-order valence-corrected chi connectivity index (χ3v) is 1.69. The highest BCUT2D eigenvalue weighted by molar-refractivity contribution is 5.94. The largest absolute Gasteiger partial charge is 0.506 e. The first kappa shape index (κ1) is 11.5. The van der Waals surface area contributed by atoms with Gasteiger partial charge in [-0.15, -0.1) is 0 Å². The Hall–Kier alpha value is -1.62. The van der Waals surface area contributed by atoms with Crippen LogP contribution in [0.25, 0.3) is 0 Å². The maximum atomic E-state index is 11.5. The minimum Gasteiger partial charge on any atom is -0.506 e. The van der Waals surface area contributed by atoms with Crippen molar-refractivity contribution >= 4 is 5.91 Å². The summed E-state index contributed by atoms with van der Waals surface area (Å²) < 4.78 is 0. The lowest BCUT2D eigenvalue weighted by molar-refractivity contribution is 0.0945. The molecule has 0 aliphatic rings. The van der Waals surface area contributed by atoms with Gasteiger partial charge in [-0.2, -0.15) is 0 Å². The number of carbonyl (C=O) groups is 1. The zero-order valence-electron chi connectivity index (χ0n) is 8.82. The van der Waals surface area contributed by atoms with Crippen LogP contribution >= 0.6 is 0 Å². The first-order chi connectivity index (χ1) is 6.88. The number of nitrogens with zero attached hydrogens (tertiary/aromatic N) is 1. The fourth-order valence-corrected chi connectivity index (χ4v) is 0.962. The molecule has 15 heavy (non-hydrogen) atoms. The molecule has 1 aromatic heterocycles. The Balaban J connectivity index is 2.62. The van der Waals surface area contributed by atoms with Crippen molar-refractivity contribution < 1.29 is 9.90 Å². The van der Waals surface area contributed by atoms with E-state index in [2.05, 4.69) is 10.3 Å². The highest BCUT2D eigenvalue weighted by atomic mass is 16.3. The lowest BCUT2D eigenvalue weighted by Gasteiger charge is -2.18. The monoisotopic (exact) mass is 209 g/mol. The standard InChI is InChI=1S/C10H15N3O2/c1-10(2,11)6-13-9(15)7-3-8(14)5-12-4-7/h3-5,14H,6,11H2,1-2H3,(H,13,15). The van der Waals surface area contributed by atoms with Gasteiger partial charge in [-0.1, -0.05) is 0 Å². The molecule has 1 amide bonds. The van der Waals surface area contributed by atoms with Crippen molar-refractivity contribution in [3.05, 3.63) is 24.0 Å². The van der Waals surface area contributed by atoms with E-state index in [1.807, 2.05) is 13.8 Å². The Morgan fingerprint density at radius 3 is 2.80 bits per heavy atom. The predicted octanol–water partition coefficient (Wildman–Crippen LogP) is 0.254. The van der Waals surface area contributed by atoms with Crippen molar-refractivity contribution in [2.45, 2.75) is 19.4 Å². The van der Waals surface area contributed by atoms with Crippen molar-refractivity contribution in [3.63, 3.8) is 0 Å². The Kier molecular flexibility index (Phi) is 3.26. The quantitative estimate of drug-likeness (QED) is 0.666. The van der Waals surface area contributed by atoms with Gasteiger partial charge in [0.25, 0.3) is 5.91 Å². The average molecular weight is 209 g/mol. The lowest BCUT2D eigenvalue weighted by atomic mass is 10.1. The molecule has 82 valence electrons. The smallest absolute Gasteiger partial charge is 0.253 e. The van der Waals surface area contributed by atoms with Gasteiger partial charge in [0.15, 0.2) is 0 Å². The topological polar surface area (TPSA) is 88.2 Å². The van der Waals surface area contributed by atoms with Crippen LogP contribution in [0.4, 0.5) is 0 Å². The Morgan fingerprint density at radius 2 is 2.27 bits per heavy atom. The molecule has 0 saturated carbocycles. The summed E-state index contributed by atoms with van der Waals surface area (Å²) in [5, 5.41) is 11.8. The number of hydrogen-bond donors (Lipinski definition) is 3. The number of carbonyl (C=O) groups excluding carboxylic acids is 1. The summed E-state index contributed by atoms with van der Waals surface area (Å²) in [5.41, 5.74) is 5.57. The fourth-order valence-electron chi connectivity index (χ4n) is 0.962. The Labute approximate surface area is 88.3 Å². The molecule has 5 heteroatoms. The van der Waals surface area contributed by atoms with Crippen LogP contribution in [0.5, 0.6) is 5.75 Å². The van der Waals surface area contributed by atoms with E-state index in [4.69, 9.17) is 10.8 Å². The molecule has 1 rings (SSSR count). The van der Waals surface area contributed by atoms with Gasteiger partial charge in [-0.3, -0.25) is 9.78 Å². The third kappa shape index (κ3) is 3.95. The van der Waals surface area contributed by atoms with Crippen LogP contribution in [-0.4, -0.2) is 28.1 Å². The first-order valence-electron chi connectivity index (χ1n) is 4.59. The maximum Gasteiger partial charge on any atom is 0.253 e. The molecule has 5 nitrogen and oxygen atoms in total. The fraction of sp³-hybridized carbons (Fsp3) is 0.400. The minimum atomic E-state index is -0.458. The summed E-state index contributed by atoms with van der Waals surface area (Å²) in [6, 6.07) is 1.35. The van der Waals surface area contributed by atoms with Crippen LogP contribution in [0, 0.1) is 0 Å². The lowest BCUT2D eigenvalue weighted by Crippen LogP contribution is -2.45. The number of nitrogens with one attached hydrogen (secondary N) is 1. The molecule has 0 aliphatic heterocycles. The molecule has 0 aliphatic carbocycles. The molecular formula is C10H15N3O2. The van der Waals surface area contributed by atoms with Gasteiger partial charge >= 0.3 is 0 Å². The number of hydrogen-bond acceptors (Lipinski definition) is 4. The van der Waals surface area contributed by atoms with E-state index in [0.717, 1.165) is 0 Å². The van der Waals surface area contributed by atoms with Crippen molar-refractivity contribution in [2.24, 2.45) is 5.73 Å². The second-order valence-electron chi connectivity index (χ2n) is 4.10. The van der Waals surface area contributed by atoms with Crippen LogP contribution in [0.3, 0.4) is 0 Å². The SMILES string of the molecule is CC(C)(N)CNC(=O)c1cncc(O)c1. The van der Waals surface area contributed by atoms with Gasteiger partial charge in [-0.05, 0) is 19.9 Å². The zero-order chi connectivity index (χ0) is 11.5. The Morgan fingerprint density at radius 1 is 1.60 bits per heavy atom. The van der Waals surface area contributed by atoms with E-state index in [-0.39, 0.29) is 11.7 Å². The average Bonchev–Trinajstić information content (AvgIpc) is 2.13. The molecule has 4 N–H and O–H groups in total. The molecule has 0 radical (unpaired) electrons. The molecule has 0 spiro atoms. The molecule has 0 saturated heterocycles. The summed E-state index contributed by atoms with van der Waals surface area (Å²) >= 11 is 0. The summed E-state index contributed by atoms with van der Waals surface area (Å²) in [5.74, 6) is -0.327. The third-order valence-electron chi connectivity index (χ3n) is 1.69. The maximum absolute atomic E-state index is 11.5. The van der Waals surface area contributed by atoms with Crippen LogP contribution < -0.4 is 11.1 Å². The molecule has 0 bridgehead atoms. The number of amides is 1. The van der Waals surface area contributed by atoms with Crippen molar-refractivity contribution in [2.75, 3.05) is 6.54 Å². The first-order valence-corrected chi connectivity index (χ1v) is 4.59. The van der Waals surface area contributed by atoms with E-state index in [0.29, 0.717) is 12.1 Å². The van der Waals surface area contributed by atoms with Crippen LogP contribution in [0.2, 0.25) is 0 Å². The second kappa shape index (κ2) is 4.27. The molecule has 1 heterocycles. The van der Waals surface area contributed by atoms with Crippen LogP contribution in [-0.2, 0) is 0 Å². The van der Waals surface area contributed by atoms with E-state index < -0.39 is 5.54 Å². The Bertz CT molecular complexity index is 358. The number of aromatic hydroxyl groups is 1. The van der Waals surface area contributed by atoms with Crippen LogP contribution in [0.1, 0.15) is 24.2 Å². The van der Waals surface area contributed by atoms with Crippen molar-refractivity contribution in [1.29, 1.82) is 0 Å². The van der Waals surface area contributed by atoms with Gasteiger partial charge in [0.1, 0.15) is 5.75 Å². The van der Waals surface area contributed by atoms with E-state index >= 15 is 0 Å². The second-order valence-corrected chi connectivity index (χ2v) is 4.10. The summed E-state index contributed by atoms with van der Waals surface area (Å²) in [4.78, 5) is 15.2. The molecule has 0 fully saturated rings. The number of pyridine rings is 1. The van der Waals surface area contributed by atoms with Crippen molar-refractivity contribution in [3.8, 4) is 5.75 Å². The van der Waals surface area contributed by atoms with E-state index in [9.17, 15) is 4.79 Å². The number of rotatable bonds is 3. The van der Waals surface area contributed by atoms with Crippen molar-refractivity contribution in [1.82, 2.24) is 10.3 Å². The van der Waals surface area contributed by atoms with E-state index in [1.165, 1.54) is 18.5 Å². The zero-order valence-corrected chi connectivity index (χ0v) is 8.82.